The van der Waals surface area contributed by atoms with E-state index in [1.54, 1.807) is 24.3 Å². The maximum atomic E-state index is 11.1. The number of aromatic hydroxyl groups is 1. The van der Waals surface area contributed by atoms with Crippen LogP contribution in [0.1, 0.15) is 24.2 Å². The summed E-state index contributed by atoms with van der Waals surface area (Å²) in [7, 11) is 0. The van der Waals surface area contributed by atoms with Gasteiger partial charge < -0.3 is 5.11 Å². The van der Waals surface area contributed by atoms with Crippen LogP contribution in [0, 0.1) is 0 Å². The lowest BCUT2D eigenvalue weighted by Crippen LogP contribution is -1.85. The standard InChI is InChI=1S/C14H14O2/c1-2-3-4-5-6-8-12-9-7-10-14(16)13(12)11-15/h2-11,16H,1H3/b3-2+,5-4+,8-6+/i11D. The Bertz CT molecular complexity index is 485. The monoisotopic (exact) mass is 215 g/mol. The molecule has 0 atom stereocenters. The van der Waals surface area contributed by atoms with Gasteiger partial charge in [0.1, 0.15) is 7.12 Å². The van der Waals surface area contributed by atoms with Gasteiger partial charge in [-0.1, -0.05) is 48.6 Å². The Morgan fingerprint density at radius 3 is 2.69 bits per heavy atom. The van der Waals surface area contributed by atoms with Crippen molar-refractivity contribution in [1.82, 2.24) is 0 Å². The van der Waals surface area contributed by atoms with Crippen molar-refractivity contribution in [2.45, 2.75) is 6.92 Å². The highest BCUT2D eigenvalue weighted by atomic mass is 16.3. The van der Waals surface area contributed by atoms with Gasteiger partial charge in [0.15, 0.2) is 6.26 Å². The fourth-order valence-electron chi connectivity index (χ4n) is 1.21. The zero-order valence-electron chi connectivity index (χ0n) is 10.1. The third kappa shape index (κ3) is 3.24. The predicted molar refractivity (Wildman–Crippen MR) is 66.5 cm³/mol. The first-order chi connectivity index (χ1) is 8.16. The molecule has 16 heavy (non-hydrogen) atoms. The van der Waals surface area contributed by atoms with Crippen LogP contribution in [0.25, 0.3) is 6.08 Å². The number of carbonyl (C=O) groups is 1. The number of hydrogen-bond acceptors (Lipinski definition) is 2. The molecule has 1 rings (SSSR count). The molecule has 0 heterocycles. The van der Waals surface area contributed by atoms with Gasteiger partial charge in [0.2, 0.25) is 0 Å². The van der Waals surface area contributed by atoms with Gasteiger partial charge >= 0.3 is 0 Å². The Hall–Kier alpha value is -2.09. The first-order valence-electron chi connectivity index (χ1n) is 5.45. The number of hydrogen-bond donors (Lipinski definition) is 1. The molecule has 1 N–H and O–H groups in total. The summed E-state index contributed by atoms with van der Waals surface area (Å²) in [5.41, 5.74) is 0.568. The molecule has 0 aliphatic carbocycles. The van der Waals surface area contributed by atoms with E-state index >= 15 is 0 Å². The molecule has 0 saturated heterocycles. The van der Waals surface area contributed by atoms with Gasteiger partial charge in [-0.3, -0.25) is 4.79 Å². The lowest BCUT2D eigenvalue weighted by atomic mass is 10.1. The summed E-state index contributed by atoms with van der Waals surface area (Å²) < 4.78 is 7.08. The normalized spacial score (nSPS) is 12.7. The lowest BCUT2D eigenvalue weighted by Gasteiger charge is -2.00. The van der Waals surface area contributed by atoms with Gasteiger partial charge in [-0.25, -0.2) is 0 Å². The second-order valence-corrected chi connectivity index (χ2v) is 3.11. The number of benzene rings is 1. The lowest BCUT2D eigenvalue weighted by molar-refractivity contribution is 0.112. The number of rotatable bonds is 4. The zero-order valence-corrected chi connectivity index (χ0v) is 9.05. The Kier molecular flexibility index (Phi) is 4.17. The second kappa shape index (κ2) is 6.40. The number of phenols is 1. The van der Waals surface area contributed by atoms with Crippen molar-refractivity contribution in [1.29, 1.82) is 0 Å². The SMILES string of the molecule is [2H]C(=O)c1c(O)cccc1/C=C/C=C/C=C/C. The fraction of sp³-hybridized carbons (Fsp3) is 0.0714. The van der Waals surface area contributed by atoms with E-state index in [-0.39, 0.29) is 11.3 Å². The molecule has 0 aliphatic rings. The summed E-state index contributed by atoms with van der Waals surface area (Å²) in [4.78, 5) is 11.1. The maximum Gasteiger partial charge on any atom is 0.154 e. The topological polar surface area (TPSA) is 37.3 Å². The molecule has 0 fully saturated rings. The van der Waals surface area contributed by atoms with Crippen LogP contribution in [0.4, 0.5) is 0 Å². The highest BCUT2D eigenvalue weighted by Crippen LogP contribution is 2.19. The Balaban J connectivity index is 2.98. The molecule has 0 aromatic heterocycles. The van der Waals surface area contributed by atoms with Crippen LogP contribution in [0.3, 0.4) is 0 Å². The van der Waals surface area contributed by atoms with E-state index in [1.165, 1.54) is 6.07 Å². The Morgan fingerprint density at radius 1 is 1.25 bits per heavy atom. The smallest absolute Gasteiger partial charge is 0.154 e. The minimum absolute atomic E-state index is 0.0307. The summed E-state index contributed by atoms with van der Waals surface area (Å²) in [6.45, 7) is 1.92. The molecular formula is C14H14O2. The fourth-order valence-corrected chi connectivity index (χ4v) is 1.21. The predicted octanol–water partition coefficient (Wildman–Crippen LogP) is 3.35. The summed E-state index contributed by atoms with van der Waals surface area (Å²) >= 11 is 0. The molecule has 82 valence electrons. The quantitative estimate of drug-likeness (QED) is 0.617. The first-order valence-corrected chi connectivity index (χ1v) is 4.95. The van der Waals surface area contributed by atoms with E-state index in [0.717, 1.165) is 0 Å². The number of phenolic OH excluding ortho intramolecular Hbond substituents is 1. The zero-order chi connectivity index (χ0) is 12.7. The van der Waals surface area contributed by atoms with Crippen molar-refractivity contribution >= 4 is 12.3 Å². The van der Waals surface area contributed by atoms with Gasteiger partial charge in [-0.05, 0) is 18.6 Å². The van der Waals surface area contributed by atoms with Crippen molar-refractivity contribution in [3.8, 4) is 5.75 Å². The summed E-state index contributed by atoms with van der Waals surface area (Å²) in [5, 5.41) is 9.50. The van der Waals surface area contributed by atoms with Crippen molar-refractivity contribution in [2.75, 3.05) is 0 Å². The van der Waals surface area contributed by atoms with Crippen LogP contribution in [0.15, 0.2) is 48.6 Å². The van der Waals surface area contributed by atoms with Crippen LogP contribution in [-0.2, 0) is 0 Å². The van der Waals surface area contributed by atoms with Crippen molar-refractivity contribution in [3.05, 3.63) is 59.7 Å². The van der Waals surface area contributed by atoms with Crippen LogP contribution in [-0.4, -0.2) is 11.4 Å². The van der Waals surface area contributed by atoms with Gasteiger partial charge in [-0.15, -0.1) is 0 Å². The van der Waals surface area contributed by atoms with Crippen LogP contribution in [0.2, 0.25) is 0 Å². The second-order valence-electron chi connectivity index (χ2n) is 3.11. The van der Waals surface area contributed by atoms with Gasteiger partial charge in [0, 0.05) is 0 Å². The average molecular weight is 215 g/mol. The molecule has 0 saturated carbocycles. The van der Waals surface area contributed by atoms with E-state index in [4.69, 9.17) is 1.37 Å². The van der Waals surface area contributed by atoms with E-state index in [9.17, 15) is 9.90 Å². The Labute approximate surface area is 96.6 Å². The van der Waals surface area contributed by atoms with Crippen LogP contribution >= 0.6 is 0 Å². The van der Waals surface area contributed by atoms with Gasteiger partial charge in [0.25, 0.3) is 0 Å². The molecule has 0 radical (unpaired) electrons. The van der Waals surface area contributed by atoms with Crippen LogP contribution in [0.5, 0.6) is 5.75 Å². The number of aldehydes is 1. The van der Waals surface area contributed by atoms with Crippen molar-refractivity contribution < 1.29 is 11.3 Å². The minimum Gasteiger partial charge on any atom is -0.507 e. The van der Waals surface area contributed by atoms with E-state index < -0.39 is 6.26 Å². The third-order valence-corrected chi connectivity index (χ3v) is 1.98. The van der Waals surface area contributed by atoms with Gasteiger partial charge in [-0.2, -0.15) is 0 Å². The molecule has 0 amide bonds. The summed E-state index contributed by atoms with van der Waals surface area (Å²) in [6, 6.07) is 4.72. The molecule has 2 heteroatoms. The number of allylic oxidation sites excluding steroid dienone is 5. The number of carbonyl (C=O) groups excluding carboxylic acids is 1. The summed E-state index contributed by atoms with van der Waals surface area (Å²) in [5.74, 6) is -0.162. The minimum atomic E-state index is -0.889. The molecule has 1 aromatic carbocycles. The van der Waals surface area contributed by atoms with Crippen molar-refractivity contribution in [3.63, 3.8) is 0 Å². The molecule has 1 aromatic rings. The molecule has 2 nitrogen and oxygen atoms in total. The van der Waals surface area contributed by atoms with E-state index in [0.29, 0.717) is 5.56 Å². The van der Waals surface area contributed by atoms with Crippen molar-refractivity contribution in [2.24, 2.45) is 0 Å². The molecule has 0 aliphatic heterocycles. The molecule has 0 unspecified atom stereocenters. The van der Waals surface area contributed by atoms with E-state index in [2.05, 4.69) is 0 Å². The van der Waals surface area contributed by atoms with E-state index in [1.807, 2.05) is 31.2 Å². The Morgan fingerprint density at radius 2 is 2.00 bits per heavy atom. The highest BCUT2D eigenvalue weighted by Gasteiger charge is 2.02. The molecule has 0 spiro atoms. The third-order valence-electron chi connectivity index (χ3n) is 1.98. The summed E-state index contributed by atoms with van der Waals surface area (Å²) in [6.07, 6.45) is 9.98. The maximum absolute atomic E-state index is 11.1. The van der Waals surface area contributed by atoms with Crippen LogP contribution < -0.4 is 0 Å². The largest absolute Gasteiger partial charge is 0.507 e. The van der Waals surface area contributed by atoms with Gasteiger partial charge in [0.05, 0.1) is 5.56 Å². The molecular weight excluding hydrogens is 200 g/mol. The molecule has 0 bridgehead atoms. The average Bonchev–Trinajstić information content (AvgIpc) is 2.28. The highest BCUT2D eigenvalue weighted by molar-refractivity contribution is 5.85. The first kappa shape index (κ1) is 10.4.